The van der Waals surface area contributed by atoms with Crippen molar-refractivity contribution in [2.45, 2.75) is 19.9 Å². The molecular weight excluding hydrogens is 296 g/mol. The molecule has 0 spiro atoms. The number of nitriles is 1. The Morgan fingerprint density at radius 1 is 1.35 bits per heavy atom. The van der Waals surface area contributed by atoms with Crippen LogP contribution in [0.5, 0.6) is 0 Å². The zero-order valence-corrected chi connectivity index (χ0v) is 12.7. The van der Waals surface area contributed by atoms with Crippen LogP contribution in [0.1, 0.15) is 29.8 Å². The van der Waals surface area contributed by atoms with Crippen molar-refractivity contribution in [3.8, 4) is 6.07 Å². The number of nitrogen functional groups attached to an aromatic ring is 1. The SMILES string of the molecule is CC(C)Nc1cc(Nc2ncc(C#N)c(N)n2)ncc1C(N)=O. The van der Waals surface area contributed by atoms with Crippen LogP contribution in [0, 0.1) is 11.3 Å². The number of anilines is 4. The minimum absolute atomic E-state index is 0.0688. The quantitative estimate of drug-likeness (QED) is 0.636. The van der Waals surface area contributed by atoms with Gasteiger partial charge in [-0.1, -0.05) is 0 Å². The van der Waals surface area contributed by atoms with E-state index in [1.807, 2.05) is 19.9 Å². The second-order valence-corrected chi connectivity index (χ2v) is 5.01. The average molecular weight is 312 g/mol. The molecule has 9 heteroatoms. The lowest BCUT2D eigenvalue weighted by Gasteiger charge is -2.14. The summed E-state index contributed by atoms with van der Waals surface area (Å²) < 4.78 is 0. The van der Waals surface area contributed by atoms with Crippen LogP contribution in [0.4, 0.5) is 23.3 Å². The van der Waals surface area contributed by atoms with E-state index in [0.717, 1.165) is 0 Å². The van der Waals surface area contributed by atoms with E-state index < -0.39 is 5.91 Å². The van der Waals surface area contributed by atoms with E-state index in [1.54, 1.807) is 6.07 Å². The molecule has 0 aliphatic rings. The molecule has 0 aliphatic carbocycles. The van der Waals surface area contributed by atoms with E-state index in [4.69, 9.17) is 16.7 Å². The van der Waals surface area contributed by atoms with Crippen molar-refractivity contribution in [3.05, 3.63) is 29.6 Å². The number of aromatic nitrogens is 3. The molecule has 0 radical (unpaired) electrons. The summed E-state index contributed by atoms with van der Waals surface area (Å²) >= 11 is 0. The summed E-state index contributed by atoms with van der Waals surface area (Å²) in [6.07, 6.45) is 2.68. The lowest BCUT2D eigenvalue weighted by molar-refractivity contribution is 0.100. The Balaban J connectivity index is 2.31. The number of rotatable bonds is 5. The number of hydrogen-bond donors (Lipinski definition) is 4. The van der Waals surface area contributed by atoms with Crippen LogP contribution >= 0.6 is 0 Å². The minimum Gasteiger partial charge on any atom is -0.382 e. The first-order valence-corrected chi connectivity index (χ1v) is 6.76. The fourth-order valence-electron chi connectivity index (χ4n) is 1.81. The molecule has 0 aromatic carbocycles. The summed E-state index contributed by atoms with van der Waals surface area (Å²) in [7, 11) is 0. The van der Waals surface area contributed by atoms with Crippen molar-refractivity contribution < 1.29 is 4.79 Å². The topological polar surface area (TPSA) is 156 Å². The molecule has 2 aromatic rings. The Morgan fingerprint density at radius 3 is 2.65 bits per heavy atom. The molecule has 0 saturated carbocycles. The predicted molar refractivity (Wildman–Crippen MR) is 86.0 cm³/mol. The van der Waals surface area contributed by atoms with Crippen molar-refractivity contribution >= 4 is 29.2 Å². The highest BCUT2D eigenvalue weighted by Gasteiger charge is 2.12. The second kappa shape index (κ2) is 6.57. The maximum Gasteiger partial charge on any atom is 0.252 e. The molecule has 2 rings (SSSR count). The molecule has 0 unspecified atom stereocenters. The molecule has 0 atom stereocenters. The van der Waals surface area contributed by atoms with Crippen molar-refractivity contribution in [2.24, 2.45) is 5.73 Å². The van der Waals surface area contributed by atoms with Crippen LogP contribution < -0.4 is 22.1 Å². The standard InChI is InChI=1S/C14H16N8O/c1-7(2)20-10-3-11(18-6-9(10)13(17)23)21-14-19-5-8(4-15)12(16)22-14/h3,5-7H,1-2H3,(H2,17,23)(H4,16,18,19,20,21,22). The molecule has 118 valence electrons. The molecule has 0 saturated heterocycles. The number of amides is 1. The number of hydrogen-bond acceptors (Lipinski definition) is 8. The van der Waals surface area contributed by atoms with Crippen LogP contribution in [0.15, 0.2) is 18.5 Å². The normalized spacial score (nSPS) is 10.2. The number of carbonyl (C=O) groups excluding carboxylic acids is 1. The van der Waals surface area contributed by atoms with Gasteiger partial charge in [-0.2, -0.15) is 10.2 Å². The van der Waals surface area contributed by atoms with Gasteiger partial charge in [-0.3, -0.25) is 4.79 Å². The minimum atomic E-state index is -0.578. The van der Waals surface area contributed by atoms with Gasteiger partial charge in [0.2, 0.25) is 5.95 Å². The third-order valence-electron chi connectivity index (χ3n) is 2.79. The lowest BCUT2D eigenvalue weighted by atomic mass is 10.2. The van der Waals surface area contributed by atoms with E-state index >= 15 is 0 Å². The first-order valence-electron chi connectivity index (χ1n) is 6.76. The summed E-state index contributed by atoms with van der Waals surface area (Å²) in [5, 5.41) is 14.8. The fourth-order valence-corrected chi connectivity index (χ4v) is 1.81. The van der Waals surface area contributed by atoms with Crippen LogP contribution in [0.25, 0.3) is 0 Å². The van der Waals surface area contributed by atoms with Gasteiger partial charge in [0.05, 0.1) is 17.4 Å². The molecule has 23 heavy (non-hydrogen) atoms. The van der Waals surface area contributed by atoms with Crippen molar-refractivity contribution in [2.75, 3.05) is 16.4 Å². The number of nitrogens with zero attached hydrogens (tertiary/aromatic N) is 4. The molecule has 2 heterocycles. The summed E-state index contributed by atoms with van der Waals surface area (Å²) in [6.45, 7) is 3.87. The number of nitrogens with two attached hydrogens (primary N) is 2. The van der Waals surface area contributed by atoms with Crippen LogP contribution in [0.3, 0.4) is 0 Å². The van der Waals surface area contributed by atoms with Crippen LogP contribution in [-0.2, 0) is 0 Å². The average Bonchev–Trinajstić information content (AvgIpc) is 2.46. The number of pyridine rings is 1. The van der Waals surface area contributed by atoms with Gasteiger partial charge in [-0.05, 0) is 13.8 Å². The van der Waals surface area contributed by atoms with Gasteiger partial charge < -0.3 is 22.1 Å². The molecular formula is C14H16N8O. The van der Waals surface area contributed by atoms with Gasteiger partial charge in [0.25, 0.3) is 5.91 Å². The lowest BCUT2D eigenvalue weighted by Crippen LogP contribution is -2.18. The van der Waals surface area contributed by atoms with Crippen molar-refractivity contribution in [1.29, 1.82) is 5.26 Å². The van der Waals surface area contributed by atoms with E-state index in [1.165, 1.54) is 12.4 Å². The first kappa shape index (κ1) is 16.0. The van der Waals surface area contributed by atoms with Gasteiger partial charge in [-0.25, -0.2) is 9.97 Å². The van der Waals surface area contributed by atoms with Gasteiger partial charge in [-0.15, -0.1) is 0 Å². The first-order chi connectivity index (χ1) is 10.9. The fraction of sp³-hybridized carbons (Fsp3) is 0.214. The maximum absolute atomic E-state index is 11.4. The summed E-state index contributed by atoms with van der Waals surface area (Å²) in [5.41, 5.74) is 12.0. The molecule has 1 amide bonds. The largest absolute Gasteiger partial charge is 0.382 e. The Kier molecular flexibility index (Phi) is 4.56. The highest BCUT2D eigenvalue weighted by molar-refractivity contribution is 5.98. The van der Waals surface area contributed by atoms with E-state index in [-0.39, 0.29) is 28.9 Å². The zero-order chi connectivity index (χ0) is 17.0. The summed E-state index contributed by atoms with van der Waals surface area (Å²) in [5.74, 6) is 0.0870. The summed E-state index contributed by atoms with van der Waals surface area (Å²) in [6, 6.07) is 3.61. The van der Waals surface area contributed by atoms with Gasteiger partial charge in [0.15, 0.2) is 0 Å². The van der Waals surface area contributed by atoms with E-state index in [0.29, 0.717) is 11.5 Å². The Bertz CT molecular complexity index is 781. The Hall–Kier alpha value is -3.41. The number of primary amides is 1. The summed E-state index contributed by atoms with van der Waals surface area (Å²) in [4.78, 5) is 23.5. The van der Waals surface area contributed by atoms with Crippen molar-refractivity contribution in [1.82, 2.24) is 15.0 Å². The third-order valence-corrected chi connectivity index (χ3v) is 2.79. The van der Waals surface area contributed by atoms with Gasteiger partial charge in [0, 0.05) is 18.3 Å². The van der Waals surface area contributed by atoms with Gasteiger partial charge in [0.1, 0.15) is 23.3 Å². The maximum atomic E-state index is 11.4. The zero-order valence-electron chi connectivity index (χ0n) is 12.7. The van der Waals surface area contributed by atoms with E-state index in [9.17, 15) is 4.79 Å². The molecule has 6 N–H and O–H groups in total. The van der Waals surface area contributed by atoms with Gasteiger partial charge >= 0.3 is 0 Å². The number of carbonyl (C=O) groups is 1. The molecule has 0 fully saturated rings. The monoisotopic (exact) mass is 312 g/mol. The number of nitrogens with one attached hydrogen (secondary N) is 2. The molecule has 9 nitrogen and oxygen atoms in total. The predicted octanol–water partition coefficient (Wildman–Crippen LogP) is 0.988. The Labute approximate surface area is 132 Å². The highest BCUT2D eigenvalue weighted by atomic mass is 16.1. The molecule has 0 bridgehead atoms. The smallest absolute Gasteiger partial charge is 0.252 e. The van der Waals surface area contributed by atoms with E-state index in [2.05, 4.69) is 25.6 Å². The third kappa shape index (κ3) is 3.82. The second-order valence-electron chi connectivity index (χ2n) is 5.01. The van der Waals surface area contributed by atoms with Crippen molar-refractivity contribution in [3.63, 3.8) is 0 Å². The molecule has 2 aromatic heterocycles. The Morgan fingerprint density at radius 2 is 2.09 bits per heavy atom. The van der Waals surface area contributed by atoms with Crippen LogP contribution in [0.2, 0.25) is 0 Å². The highest BCUT2D eigenvalue weighted by Crippen LogP contribution is 2.21. The molecule has 0 aliphatic heterocycles. The van der Waals surface area contributed by atoms with Crippen LogP contribution in [-0.4, -0.2) is 26.9 Å².